The molecule has 0 bridgehead atoms. The Morgan fingerprint density at radius 3 is 2.69 bits per heavy atom. The van der Waals surface area contributed by atoms with Gasteiger partial charge in [-0.3, -0.25) is 4.79 Å². The van der Waals surface area contributed by atoms with E-state index < -0.39 is 17.1 Å². The van der Waals surface area contributed by atoms with E-state index in [1.54, 1.807) is 0 Å². The monoisotopic (exact) mass is 455 g/mol. The van der Waals surface area contributed by atoms with Crippen molar-refractivity contribution < 1.29 is 13.7 Å². The molecule has 4 rings (SSSR count). The first-order valence-electron chi connectivity index (χ1n) is 11.6. The summed E-state index contributed by atoms with van der Waals surface area (Å²) in [5.74, 6) is 0.736. The van der Waals surface area contributed by atoms with Crippen LogP contribution in [0.3, 0.4) is 0 Å². The number of likely N-dealkylation sites (N-methyl/N-ethyl adjacent to an activating group) is 1. The Morgan fingerprint density at radius 2 is 1.97 bits per heavy atom. The van der Waals surface area contributed by atoms with Crippen molar-refractivity contribution in [2.24, 2.45) is 0 Å². The maximum Gasteiger partial charge on any atom is 0.263 e. The zero-order valence-electron chi connectivity index (χ0n) is 19.0. The number of likely N-dealkylation sites (tertiary alicyclic amines) is 1. The number of amides is 1. The Bertz CT molecular complexity index is 947. The number of ether oxygens (including phenoxy) is 1. The van der Waals surface area contributed by atoms with Gasteiger partial charge in [0.25, 0.3) is 5.91 Å². The number of carbonyl (C=O) groups excluding carboxylic acids is 1. The van der Waals surface area contributed by atoms with Crippen molar-refractivity contribution in [3.05, 3.63) is 59.7 Å². The molecule has 172 valence electrons. The van der Waals surface area contributed by atoms with Gasteiger partial charge in [-0.25, -0.2) is 8.93 Å². The molecule has 1 fully saturated rings. The molecule has 6 nitrogen and oxygen atoms in total. The van der Waals surface area contributed by atoms with Gasteiger partial charge in [-0.2, -0.15) is 0 Å². The van der Waals surface area contributed by atoms with Crippen LogP contribution >= 0.6 is 0 Å². The smallest absolute Gasteiger partial charge is 0.263 e. The maximum absolute atomic E-state index is 13.5. The van der Waals surface area contributed by atoms with Crippen molar-refractivity contribution in [1.82, 2.24) is 14.5 Å². The average molecular weight is 456 g/mol. The summed E-state index contributed by atoms with van der Waals surface area (Å²) in [5, 5.41) is 0. The highest BCUT2D eigenvalue weighted by Crippen LogP contribution is 2.31. The van der Waals surface area contributed by atoms with Gasteiger partial charge in [0, 0.05) is 20.1 Å². The molecule has 2 aromatic carbocycles. The van der Waals surface area contributed by atoms with Crippen LogP contribution in [-0.2, 0) is 22.2 Å². The number of hydrogen-bond donors (Lipinski definition) is 1. The summed E-state index contributed by atoms with van der Waals surface area (Å²) in [6.07, 6.45) is 3.31. The Balaban J connectivity index is 1.48. The molecule has 0 aliphatic carbocycles. The Hall–Kier alpha value is -2.22. The van der Waals surface area contributed by atoms with E-state index in [-0.39, 0.29) is 11.9 Å². The molecule has 1 saturated heterocycles. The topological polar surface area (TPSA) is 61.9 Å². The molecule has 7 heteroatoms. The highest BCUT2D eigenvalue weighted by atomic mass is 32.2. The van der Waals surface area contributed by atoms with Gasteiger partial charge in [0.1, 0.15) is 16.7 Å². The van der Waals surface area contributed by atoms with E-state index in [1.807, 2.05) is 55.3 Å². The van der Waals surface area contributed by atoms with Crippen LogP contribution in [-0.4, -0.2) is 59.2 Å². The maximum atomic E-state index is 13.5. The van der Waals surface area contributed by atoms with Crippen molar-refractivity contribution in [3.63, 3.8) is 0 Å². The summed E-state index contributed by atoms with van der Waals surface area (Å²) in [6.45, 7) is 5.60. The zero-order valence-corrected chi connectivity index (χ0v) is 19.8. The van der Waals surface area contributed by atoms with Crippen LogP contribution in [0.4, 0.5) is 0 Å². The van der Waals surface area contributed by atoms with Crippen LogP contribution in [0.25, 0.3) is 0 Å². The molecule has 3 atom stereocenters. The number of carbonyl (C=O) groups is 1. The van der Waals surface area contributed by atoms with Crippen LogP contribution in [0.5, 0.6) is 5.75 Å². The predicted octanol–water partition coefficient (Wildman–Crippen LogP) is 3.31. The molecule has 0 radical (unpaired) electrons. The largest absolute Gasteiger partial charge is 0.480 e. The SMILES string of the molecule is CCNS(=O)c1ccc2c(c1)CCC(C(=O)N(C)C(CN1CCCC1)c1ccccc1)O2. The van der Waals surface area contributed by atoms with Crippen LogP contribution in [0.2, 0.25) is 0 Å². The molecule has 2 aliphatic rings. The van der Waals surface area contributed by atoms with E-state index in [9.17, 15) is 9.00 Å². The number of fused-ring (bicyclic) bond motifs is 1. The number of nitrogens with one attached hydrogen (secondary N) is 1. The molecule has 1 amide bonds. The molecule has 0 saturated carbocycles. The van der Waals surface area contributed by atoms with E-state index in [0.29, 0.717) is 13.0 Å². The van der Waals surface area contributed by atoms with Gasteiger partial charge in [0.2, 0.25) is 0 Å². The van der Waals surface area contributed by atoms with E-state index >= 15 is 0 Å². The fourth-order valence-corrected chi connectivity index (χ4v) is 5.46. The molecule has 32 heavy (non-hydrogen) atoms. The summed E-state index contributed by atoms with van der Waals surface area (Å²) >= 11 is 0. The molecule has 0 aromatic heterocycles. The van der Waals surface area contributed by atoms with Gasteiger partial charge in [-0.05, 0) is 68.1 Å². The third-order valence-electron chi connectivity index (χ3n) is 6.37. The van der Waals surface area contributed by atoms with Gasteiger partial charge in [-0.1, -0.05) is 37.3 Å². The highest BCUT2D eigenvalue weighted by Gasteiger charge is 2.33. The lowest BCUT2D eigenvalue weighted by atomic mass is 10.00. The molecular weight excluding hydrogens is 422 g/mol. The van der Waals surface area contributed by atoms with Gasteiger partial charge >= 0.3 is 0 Å². The number of aryl methyl sites for hydroxylation is 1. The van der Waals surface area contributed by atoms with Crippen LogP contribution in [0.1, 0.15) is 43.4 Å². The van der Waals surface area contributed by atoms with Crippen molar-refractivity contribution in [1.29, 1.82) is 0 Å². The molecule has 2 aromatic rings. The Kier molecular flexibility index (Phi) is 7.60. The first-order valence-corrected chi connectivity index (χ1v) is 12.7. The number of rotatable bonds is 8. The fourth-order valence-electron chi connectivity index (χ4n) is 4.59. The second kappa shape index (κ2) is 10.6. The summed E-state index contributed by atoms with van der Waals surface area (Å²) < 4.78 is 21.3. The van der Waals surface area contributed by atoms with Crippen molar-refractivity contribution in [2.75, 3.05) is 33.2 Å². The average Bonchev–Trinajstić information content (AvgIpc) is 3.35. The molecule has 2 aliphatic heterocycles. The van der Waals surface area contributed by atoms with Gasteiger partial charge < -0.3 is 14.5 Å². The highest BCUT2D eigenvalue weighted by molar-refractivity contribution is 7.83. The lowest BCUT2D eigenvalue weighted by Crippen LogP contribution is -2.46. The van der Waals surface area contributed by atoms with Crippen molar-refractivity contribution in [2.45, 2.75) is 49.6 Å². The lowest BCUT2D eigenvalue weighted by Gasteiger charge is -2.35. The van der Waals surface area contributed by atoms with Crippen LogP contribution in [0, 0.1) is 0 Å². The van der Waals surface area contributed by atoms with E-state index in [2.05, 4.69) is 21.8 Å². The molecular formula is C25H33N3O3S. The van der Waals surface area contributed by atoms with Gasteiger partial charge in [0.15, 0.2) is 6.10 Å². The minimum Gasteiger partial charge on any atom is -0.480 e. The van der Waals surface area contributed by atoms with Crippen LogP contribution < -0.4 is 9.46 Å². The van der Waals surface area contributed by atoms with Gasteiger partial charge in [0.05, 0.1) is 10.9 Å². The standard InChI is InChI=1S/C25H33N3O3S/c1-3-26-32(30)21-12-14-23-20(17-21)11-13-24(31-23)25(29)27(2)22(18-28-15-7-8-16-28)19-9-5-4-6-10-19/h4-6,9-10,12,14,17,22,24,26H,3,7-8,11,13,15-16,18H2,1-2H3. The van der Waals surface area contributed by atoms with Crippen molar-refractivity contribution >= 4 is 16.9 Å². The summed E-state index contributed by atoms with van der Waals surface area (Å²) in [6, 6.07) is 15.9. The lowest BCUT2D eigenvalue weighted by molar-refractivity contribution is -0.140. The Labute approximate surface area is 193 Å². The fraction of sp³-hybridized carbons (Fsp3) is 0.480. The van der Waals surface area contributed by atoms with E-state index in [0.717, 1.165) is 47.8 Å². The molecule has 3 unspecified atom stereocenters. The quantitative estimate of drug-likeness (QED) is 0.664. The predicted molar refractivity (Wildman–Crippen MR) is 127 cm³/mol. The minimum atomic E-state index is -1.22. The molecule has 1 N–H and O–H groups in total. The molecule has 0 spiro atoms. The van der Waals surface area contributed by atoms with Crippen molar-refractivity contribution in [3.8, 4) is 5.75 Å². The van der Waals surface area contributed by atoms with Gasteiger partial charge in [-0.15, -0.1) is 0 Å². The number of benzene rings is 2. The summed E-state index contributed by atoms with van der Waals surface area (Å²) in [4.78, 5) is 18.5. The second-order valence-electron chi connectivity index (χ2n) is 8.56. The summed E-state index contributed by atoms with van der Waals surface area (Å²) in [5.41, 5.74) is 2.17. The summed E-state index contributed by atoms with van der Waals surface area (Å²) in [7, 11) is 0.679. The third kappa shape index (κ3) is 5.22. The number of hydrogen-bond acceptors (Lipinski definition) is 4. The van der Waals surface area contributed by atoms with E-state index in [4.69, 9.17) is 4.74 Å². The zero-order chi connectivity index (χ0) is 22.5. The first kappa shape index (κ1) is 23.0. The first-order chi connectivity index (χ1) is 15.6. The van der Waals surface area contributed by atoms with E-state index in [1.165, 1.54) is 12.8 Å². The van der Waals surface area contributed by atoms with Crippen LogP contribution in [0.15, 0.2) is 53.4 Å². The molecule has 2 heterocycles. The Morgan fingerprint density at radius 1 is 1.22 bits per heavy atom. The number of nitrogens with zero attached hydrogens (tertiary/aromatic N) is 2. The normalized spacial score (nSPS) is 20.2. The minimum absolute atomic E-state index is 0.00304. The third-order valence-corrected chi connectivity index (χ3v) is 7.60. The second-order valence-corrected chi connectivity index (χ2v) is 9.86.